The molecule has 0 spiro atoms. The quantitative estimate of drug-likeness (QED) is 0.258. The molecule has 2 aliphatic heterocycles. The van der Waals surface area contributed by atoms with E-state index in [1.54, 1.807) is 36.7 Å². The summed E-state index contributed by atoms with van der Waals surface area (Å²) in [5.74, 6) is 0.373. The molecular weight excluding hydrogens is 573 g/mol. The number of nitrogens with one attached hydrogen (secondary N) is 2. The lowest BCUT2D eigenvalue weighted by Gasteiger charge is -2.27. The van der Waals surface area contributed by atoms with Crippen LogP contribution in [-0.4, -0.2) is 77.2 Å². The predicted molar refractivity (Wildman–Crippen MR) is 164 cm³/mol. The fraction of sp³-hybridized carbons (Fsp3) is 0.387. The molecule has 2 fully saturated rings. The van der Waals surface area contributed by atoms with E-state index >= 15 is 0 Å². The number of aromatic nitrogens is 2. The average Bonchev–Trinajstić information content (AvgIpc) is 3.52. The highest BCUT2D eigenvalue weighted by atomic mass is 19.4. The van der Waals surface area contributed by atoms with Crippen molar-refractivity contribution in [1.82, 2.24) is 19.8 Å². The number of anilines is 3. The number of ether oxygens (including phenoxy) is 1. The van der Waals surface area contributed by atoms with E-state index in [2.05, 4.69) is 30.5 Å². The van der Waals surface area contributed by atoms with Crippen molar-refractivity contribution in [3.8, 4) is 0 Å². The molecule has 0 aliphatic carbocycles. The van der Waals surface area contributed by atoms with Crippen LogP contribution in [0.1, 0.15) is 46.8 Å². The number of aryl methyl sites for hydroxylation is 1. The van der Waals surface area contributed by atoms with Gasteiger partial charge in [0.05, 0.1) is 25.0 Å². The maximum Gasteiger partial charge on any atom is 0.416 e. The number of alkyl halides is 3. The Bertz CT molecular complexity index is 1530. The molecule has 0 bridgehead atoms. The molecule has 3 aromatic rings. The first kappa shape index (κ1) is 31.1. The van der Waals surface area contributed by atoms with Crippen LogP contribution in [0.4, 0.5) is 36.1 Å². The third-order valence-corrected chi connectivity index (χ3v) is 7.39. The van der Waals surface area contributed by atoms with Gasteiger partial charge in [0.15, 0.2) is 5.82 Å². The maximum absolute atomic E-state index is 13.7. The zero-order valence-electron chi connectivity index (χ0n) is 24.7. The summed E-state index contributed by atoms with van der Waals surface area (Å²) >= 11 is 0. The van der Waals surface area contributed by atoms with Crippen molar-refractivity contribution in [1.29, 1.82) is 0 Å². The first-order valence-electron chi connectivity index (χ1n) is 14.5. The Balaban J connectivity index is 1.38. The fourth-order valence-electron chi connectivity index (χ4n) is 5.11. The largest absolute Gasteiger partial charge is 0.416 e. The number of likely N-dealkylation sites (tertiary alicyclic amines) is 1. The second kappa shape index (κ2) is 14.0. The molecule has 2 aliphatic rings. The Morgan fingerprint density at radius 2 is 1.86 bits per heavy atom. The van der Waals surface area contributed by atoms with Gasteiger partial charge in [-0.25, -0.2) is 20.0 Å². The first-order valence-corrected chi connectivity index (χ1v) is 14.5. The number of amides is 1. The summed E-state index contributed by atoms with van der Waals surface area (Å²) in [6.45, 7) is 8.20. The van der Waals surface area contributed by atoms with E-state index in [9.17, 15) is 18.0 Å². The Morgan fingerprint density at radius 3 is 2.59 bits per heavy atom. The molecule has 13 heteroatoms. The number of carbonyl (C=O) groups excluding carboxylic acids is 1. The van der Waals surface area contributed by atoms with Crippen LogP contribution in [0, 0.1) is 6.92 Å². The van der Waals surface area contributed by atoms with E-state index in [4.69, 9.17) is 9.73 Å². The highest BCUT2D eigenvalue weighted by molar-refractivity contribution is 6.05. The topological polar surface area (TPSA) is 107 Å². The van der Waals surface area contributed by atoms with E-state index in [1.807, 2.05) is 18.7 Å². The summed E-state index contributed by atoms with van der Waals surface area (Å²) in [5, 5.41) is 5.91. The number of guanidine groups is 1. The number of morpholine rings is 1. The number of halogens is 3. The number of hydrogen-bond donors (Lipinski definition) is 2. The Kier molecular flexibility index (Phi) is 9.85. The van der Waals surface area contributed by atoms with E-state index in [-0.39, 0.29) is 11.3 Å². The fourth-order valence-corrected chi connectivity index (χ4v) is 5.11. The van der Waals surface area contributed by atoms with E-state index in [1.165, 1.54) is 6.33 Å². The van der Waals surface area contributed by atoms with Crippen LogP contribution in [-0.2, 0) is 17.5 Å². The van der Waals surface area contributed by atoms with Crippen molar-refractivity contribution in [3.63, 3.8) is 0 Å². The van der Waals surface area contributed by atoms with Gasteiger partial charge >= 0.3 is 6.18 Å². The molecule has 1 aromatic heterocycles. The van der Waals surface area contributed by atoms with Crippen molar-refractivity contribution in [2.75, 3.05) is 50.0 Å². The van der Waals surface area contributed by atoms with Gasteiger partial charge in [0.2, 0.25) is 5.96 Å². The summed E-state index contributed by atoms with van der Waals surface area (Å²) in [5.41, 5.74) is 1.92. The summed E-state index contributed by atoms with van der Waals surface area (Å²) in [6, 6.07) is 8.74. The summed E-state index contributed by atoms with van der Waals surface area (Å²) in [6.07, 6.45) is 2.13. The number of hydrogen-bond acceptors (Lipinski definition) is 7. The van der Waals surface area contributed by atoms with Crippen molar-refractivity contribution < 1.29 is 22.7 Å². The molecule has 2 N–H and O–H groups in total. The number of rotatable bonds is 7. The van der Waals surface area contributed by atoms with Crippen LogP contribution in [0.25, 0.3) is 0 Å². The third kappa shape index (κ3) is 7.97. The van der Waals surface area contributed by atoms with E-state index in [0.29, 0.717) is 61.6 Å². The summed E-state index contributed by atoms with van der Waals surface area (Å²) < 4.78 is 46.6. The molecule has 3 heterocycles. The van der Waals surface area contributed by atoms with Gasteiger partial charge in [-0.3, -0.25) is 9.69 Å². The minimum absolute atomic E-state index is 0.0913. The lowest BCUT2D eigenvalue weighted by Crippen LogP contribution is -2.40. The van der Waals surface area contributed by atoms with Crippen LogP contribution >= 0.6 is 0 Å². The number of carbonyl (C=O) groups is 1. The lowest BCUT2D eigenvalue weighted by atomic mass is 10.1. The van der Waals surface area contributed by atoms with E-state index < -0.39 is 17.6 Å². The third-order valence-electron chi connectivity index (χ3n) is 7.39. The molecule has 232 valence electrons. The van der Waals surface area contributed by atoms with Gasteiger partial charge in [0, 0.05) is 42.8 Å². The van der Waals surface area contributed by atoms with Gasteiger partial charge in [-0.1, -0.05) is 6.07 Å². The standard InChI is InChI=1S/C31H35F3N8O2/c1-3-36-30(42-10-12-44-13-11-42)40-27-18-35-20-37-28(27)39-26-16-23(7-6-21(26)2)29(43)38-25-15-22(19-41-8-4-5-9-41)14-24(17-25)31(32,33)34/h3,6-7,14-18,20H,4-5,8-13,19H2,1-2H3,(H,38,43)(H,35,37,39). The van der Waals surface area contributed by atoms with Crippen molar-refractivity contribution >= 4 is 41.0 Å². The molecule has 2 aromatic carbocycles. The normalized spacial score (nSPS) is 16.5. The molecule has 1 amide bonds. The molecule has 0 unspecified atom stereocenters. The zero-order chi connectivity index (χ0) is 31.1. The minimum Gasteiger partial charge on any atom is -0.378 e. The summed E-state index contributed by atoms with van der Waals surface area (Å²) in [7, 11) is 0. The predicted octanol–water partition coefficient (Wildman–Crippen LogP) is 5.81. The van der Waals surface area contributed by atoms with Gasteiger partial charge in [0.25, 0.3) is 5.91 Å². The van der Waals surface area contributed by atoms with E-state index in [0.717, 1.165) is 43.6 Å². The first-order chi connectivity index (χ1) is 21.2. The van der Waals surface area contributed by atoms with Gasteiger partial charge in [-0.15, -0.1) is 0 Å². The lowest BCUT2D eigenvalue weighted by molar-refractivity contribution is -0.137. The monoisotopic (exact) mass is 608 g/mol. The molecule has 2 saturated heterocycles. The molecule has 0 saturated carbocycles. The summed E-state index contributed by atoms with van der Waals surface area (Å²) in [4.78, 5) is 35.1. The zero-order valence-corrected chi connectivity index (χ0v) is 24.7. The van der Waals surface area contributed by atoms with Gasteiger partial charge in [-0.05, 0) is 81.2 Å². The van der Waals surface area contributed by atoms with Crippen LogP contribution in [0.2, 0.25) is 0 Å². The van der Waals surface area contributed by atoms with Crippen LogP contribution in [0.15, 0.2) is 58.9 Å². The number of benzene rings is 2. The smallest absolute Gasteiger partial charge is 0.378 e. The number of nitrogens with zero attached hydrogens (tertiary/aromatic N) is 6. The van der Waals surface area contributed by atoms with Crippen LogP contribution in [0.5, 0.6) is 0 Å². The SMILES string of the molecule is CC=NC(=Nc1cncnc1Nc1cc(C(=O)Nc2cc(CN3CCCC3)cc(C(F)(F)F)c2)ccc1C)N1CCOCC1. The second-order valence-corrected chi connectivity index (χ2v) is 10.7. The van der Waals surface area contributed by atoms with Crippen molar-refractivity contribution in [2.45, 2.75) is 39.4 Å². The van der Waals surface area contributed by atoms with Crippen molar-refractivity contribution in [3.05, 3.63) is 71.2 Å². The Labute approximate surface area is 254 Å². The average molecular weight is 609 g/mol. The molecule has 44 heavy (non-hydrogen) atoms. The molecular formula is C31H35F3N8O2. The molecule has 5 rings (SSSR count). The molecule has 10 nitrogen and oxygen atoms in total. The minimum atomic E-state index is -4.54. The highest BCUT2D eigenvalue weighted by Crippen LogP contribution is 2.33. The molecule has 0 atom stereocenters. The van der Waals surface area contributed by atoms with Gasteiger partial charge in [0.1, 0.15) is 12.0 Å². The Morgan fingerprint density at radius 1 is 1.09 bits per heavy atom. The maximum atomic E-state index is 13.7. The highest BCUT2D eigenvalue weighted by Gasteiger charge is 2.31. The van der Waals surface area contributed by atoms with Gasteiger partial charge < -0.3 is 20.3 Å². The van der Waals surface area contributed by atoms with Gasteiger partial charge in [-0.2, -0.15) is 13.2 Å². The van der Waals surface area contributed by atoms with Crippen LogP contribution < -0.4 is 10.6 Å². The molecule has 0 radical (unpaired) electrons. The number of aliphatic imine (C=N–C) groups is 2. The Hall–Kier alpha value is -4.36. The second-order valence-electron chi connectivity index (χ2n) is 10.7. The van der Waals surface area contributed by atoms with Crippen LogP contribution in [0.3, 0.4) is 0 Å². The van der Waals surface area contributed by atoms with Crippen molar-refractivity contribution in [2.24, 2.45) is 9.98 Å².